The van der Waals surface area contributed by atoms with E-state index in [1.54, 1.807) is 33.5 Å². The molecule has 0 spiro atoms. The van der Waals surface area contributed by atoms with Crippen molar-refractivity contribution in [2.75, 3.05) is 26.6 Å². The van der Waals surface area contributed by atoms with Crippen molar-refractivity contribution >= 4 is 5.69 Å². The average molecular weight is 291 g/mol. The van der Waals surface area contributed by atoms with Gasteiger partial charge in [0.1, 0.15) is 5.82 Å². The van der Waals surface area contributed by atoms with Gasteiger partial charge >= 0.3 is 0 Å². The zero-order valence-electron chi connectivity index (χ0n) is 12.3. The summed E-state index contributed by atoms with van der Waals surface area (Å²) >= 11 is 0. The lowest BCUT2D eigenvalue weighted by Crippen LogP contribution is -2.04. The number of benzene rings is 2. The monoisotopic (exact) mass is 291 g/mol. The third-order valence-corrected chi connectivity index (χ3v) is 3.09. The summed E-state index contributed by atoms with van der Waals surface area (Å²) in [5.41, 5.74) is 1.59. The summed E-state index contributed by atoms with van der Waals surface area (Å²) in [5.74, 6) is 1.46. The van der Waals surface area contributed by atoms with Gasteiger partial charge < -0.3 is 19.5 Å². The van der Waals surface area contributed by atoms with E-state index in [1.165, 1.54) is 12.1 Å². The minimum Gasteiger partial charge on any atom is -0.493 e. The highest BCUT2D eigenvalue weighted by Gasteiger charge is 2.15. The van der Waals surface area contributed by atoms with E-state index in [4.69, 9.17) is 14.2 Å². The second-order valence-corrected chi connectivity index (χ2v) is 4.36. The Morgan fingerprint density at radius 3 is 2.33 bits per heavy atom. The fourth-order valence-corrected chi connectivity index (χ4v) is 2.10. The predicted octanol–water partition coefficient (Wildman–Crippen LogP) is 3.46. The number of ether oxygens (including phenoxy) is 3. The first-order valence-corrected chi connectivity index (χ1v) is 6.47. The third kappa shape index (κ3) is 3.37. The Morgan fingerprint density at radius 2 is 1.71 bits per heavy atom. The molecule has 2 aromatic carbocycles. The van der Waals surface area contributed by atoms with Gasteiger partial charge in [-0.25, -0.2) is 4.39 Å². The fraction of sp³-hybridized carbons (Fsp3) is 0.250. The first kappa shape index (κ1) is 15.0. The molecule has 0 heterocycles. The van der Waals surface area contributed by atoms with Crippen LogP contribution < -0.4 is 19.5 Å². The molecule has 5 heteroatoms. The van der Waals surface area contributed by atoms with Crippen LogP contribution in [0.2, 0.25) is 0 Å². The molecule has 0 unspecified atom stereocenters. The van der Waals surface area contributed by atoms with Crippen molar-refractivity contribution < 1.29 is 18.6 Å². The largest absolute Gasteiger partial charge is 0.493 e. The summed E-state index contributed by atoms with van der Waals surface area (Å²) in [5, 5.41) is 3.15. The van der Waals surface area contributed by atoms with Gasteiger partial charge in [0.2, 0.25) is 5.75 Å². The summed E-state index contributed by atoms with van der Waals surface area (Å²) in [6, 6.07) is 9.99. The van der Waals surface area contributed by atoms with E-state index >= 15 is 0 Å². The Bertz CT molecular complexity index is 616. The molecule has 0 aliphatic rings. The molecule has 112 valence electrons. The zero-order chi connectivity index (χ0) is 15.2. The number of nitrogens with one attached hydrogen (secondary N) is 1. The first-order valence-electron chi connectivity index (χ1n) is 6.47. The lowest BCUT2D eigenvalue weighted by atomic mass is 10.1. The SMILES string of the molecule is COc1ccc(CNc2cccc(F)c2)c(OC)c1OC. The number of hydrogen-bond acceptors (Lipinski definition) is 4. The Balaban J connectivity index is 2.23. The molecule has 0 saturated carbocycles. The summed E-state index contributed by atoms with van der Waals surface area (Å²) in [4.78, 5) is 0. The van der Waals surface area contributed by atoms with Gasteiger partial charge in [0, 0.05) is 17.8 Å². The summed E-state index contributed by atoms with van der Waals surface area (Å²) in [6.07, 6.45) is 0. The van der Waals surface area contributed by atoms with E-state index < -0.39 is 0 Å². The topological polar surface area (TPSA) is 39.7 Å². The molecule has 2 aromatic rings. The van der Waals surface area contributed by atoms with Crippen LogP contribution in [0.5, 0.6) is 17.2 Å². The van der Waals surface area contributed by atoms with E-state index in [1.807, 2.05) is 12.1 Å². The highest BCUT2D eigenvalue weighted by Crippen LogP contribution is 2.39. The predicted molar refractivity (Wildman–Crippen MR) is 79.8 cm³/mol. The molecule has 0 radical (unpaired) electrons. The molecule has 0 saturated heterocycles. The summed E-state index contributed by atoms with van der Waals surface area (Å²) in [6.45, 7) is 0.479. The van der Waals surface area contributed by atoms with Crippen molar-refractivity contribution in [3.8, 4) is 17.2 Å². The van der Waals surface area contributed by atoms with Gasteiger partial charge in [-0.2, -0.15) is 0 Å². The van der Waals surface area contributed by atoms with Crippen LogP contribution in [0.3, 0.4) is 0 Å². The van der Waals surface area contributed by atoms with Crippen LogP contribution in [0.25, 0.3) is 0 Å². The van der Waals surface area contributed by atoms with Crippen LogP contribution >= 0.6 is 0 Å². The van der Waals surface area contributed by atoms with Crippen molar-refractivity contribution in [3.05, 3.63) is 47.8 Å². The van der Waals surface area contributed by atoms with E-state index in [-0.39, 0.29) is 5.82 Å². The van der Waals surface area contributed by atoms with Crippen LogP contribution in [0.4, 0.5) is 10.1 Å². The molecule has 1 N–H and O–H groups in total. The van der Waals surface area contributed by atoms with Crippen molar-refractivity contribution in [2.45, 2.75) is 6.54 Å². The maximum Gasteiger partial charge on any atom is 0.203 e. The van der Waals surface area contributed by atoms with Crippen LogP contribution in [-0.2, 0) is 6.54 Å². The van der Waals surface area contributed by atoms with Gasteiger partial charge in [-0.15, -0.1) is 0 Å². The maximum absolute atomic E-state index is 13.2. The molecule has 21 heavy (non-hydrogen) atoms. The van der Waals surface area contributed by atoms with E-state index in [0.717, 1.165) is 5.56 Å². The first-order chi connectivity index (χ1) is 10.2. The highest BCUT2D eigenvalue weighted by molar-refractivity contribution is 5.57. The molecule has 0 bridgehead atoms. The van der Waals surface area contributed by atoms with Gasteiger partial charge in [0.15, 0.2) is 11.5 Å². The zero-order valence-corrected chi connectivity index (χ0v) is 12.3. The van der Waals surface area contributed by atoms with Gasteiger partial charge in [-0.3, -0.25) is 0 Å². The van der Waals surface area contributed by atoms with Crippen LogP contribution in [0.1, 0.15) is 5.56 Å². The number of halogens is 1. The van der Waals surface area contributed by atoms with Crippen LogP contribution in [-0.4, -0.2) is 21.3 Å². The Labute approximate surface area is 123 Å². The van der Waals surface area contributed by atoms with Gasteiger partial charge in [0.25, 0.3) is 0 Å². The normalized spacial score (nSPS) is 10.1. The number of hydrogen-bond donors (Lipinski definition) is 1. The molecule has 2 rings (SSSR count). The Kier molecular flexibility index (Phi) is 4.87. The van der Waals surface area contributed by atoms with Crippen molar-refractivity contribution in [1.29, 1.82) is 0 Å². The molecular formula is C16H18FNO3. The Hall–Kier alpha value is -2.43. The van der Waals surface area contributed by atoms with E-state index in [0.29, 0.717) is 29.5 Å². The van der Waals surface area contributed by atoms with Gasteiger partial charge in [0.05, 0.1) is 21.3 Å². The van der Waals surface area contributed by atoms with Gasteiger partial charge in [-0.1, -0.05) is 6.07 Å². The Morgan fingerprint density at radius 1 is 0.952 bits per heavy atom. The molecule has 0 atom stereocenters. The lowest BCUT2D eigenvalue weighted by molar-refractivity contribution is 0.322. The third-order valence-electron chi connectivity index (χ3n) is 3.09. The molecule has 0 amide bonds. The quantitative estimate of drug-likeness (QED) is 0.884. The standard InChI is InChI=1S/C16H18FNO3/c1-19-14-8-7-11(15(20-2)16(14)21-3)10-18-13-6-4-5-12(17)9-13/h4-9,18H,10H2,1-3H3. The second-order valence-electron chi connectivity index (χ2n) is 4.36. The maximum atomic E-state index is 13.2. The minimum absolute atomic E-state index is 0.278. The lowest BCUT2D eigenvalue weighted by Gasteiger charge is -2.16. The van der Waals surface area contributed by atoms with Crippen LogP contribution in [0.15, 0.2) is 36.4 Å². The number of methoxy groups -OCH3 is 3. The molecule has 0 fully saturated rings. The van der Waals surface area contributed by atoms with Crippen molar-refractivity contribution in [1.82, 2.24) is 0 Å². The van der Waals surface area contributed by atoms with Crippen molar-refractivity contribution in [2.24, 2.45) is 0 Å². The minimum atomic E-state index is -0.278. The number of anilines is 1. The summed E-state index contributed by atoms with van der Waals surface area (Å²) in [7, 11) is 4.70. The van der Waals surface area contributed by atoms with Gasteiger partial charge in [-0.05, 0) is 30.3 Å². The molecule has 4 nitrogen and oxygen atoms in total. The second kappa shape index (κ2) is 6.83. The van der Waals surface area contributed by atoms with E-state index in [2.05, 4.69) is 5.32 Å². The van der Waals surface area contributed by atoms with E-state index in [9.17, 15) is 4.39 Å². The molecule has 0 aliphatic heterocycles. The highest BCUT2D eigenvalue weighted by atomic mass is 19.1. The van der Waals surface area contributed by atoms with Crippen molar-refractivity contribution in [3.63, 3.8) is 0 Å². The molecule has 0 aliphatic carbocycles. The summed E-state index contributed by atoms with van der Waals surface area (Å²) < 4.78 is 29.1. The molecule has 0 aromatic heterocycles. The average Bonchev–Trinajstić information content (AvgIpc) is 2.51. The number of rotatable bonds is 6. The fourth-order valence-electron chi connectivity index (χ4n) is 2.10. The smallest absolute Gasteiger partial charge is 0.203 e. The van der Waals surface area contributed by atoms with Crippen LogP contribution in [0, 0.1) is 5.82 Å². The molecular weight excluding hydrogens is 273 g/mol.